The Balaban J connectivity index is 1.73. The van der Waals surface area contributed by atoms with Gasteiger partial charge in [-0.2, -0.15) is 0 Å². The summed E-state index contributed by atoms with van der Waals surface area (Å²) < 4.78 is 0. The van der Waals surface area contributed by atoms with E-state index in [1.54, 1.807) is 6.08 Å². The van der Waals surface area contributed by atoms with Gasteiger partial charge in [-0.1, -0.05) is 36.4 Å². The van der Waals surface area contributed by atoms with Crippen LogP contribution in [0.15, 0.2) is 43.0 Å². The number of nitrogens with one attached hydrogen (secondary N) is 1. The Kier molecular flexibility index (Phi) is 5.55. The second-order valence-corrected chi connectivity index (χ2v) is 5.39. The van der Waals surface area contributed by atoms with Crippen molar-refractivity contribution >= 4 is 11.8 Å². The lowest BCUT2D eigenvalue weighted by Crippen LogP contribution is -2.37. The minimum atomic E-state index is -0.0612. The molecular formula is C17H22N2O2. The third-order valence-electron chi connectivity index (χ3n) is 3.65. The second kappa shape index (κ2) is 7.62. The van der Waals surface area contributed by atoms with Gasteiger partial charge in [0, 0.05) is 25.9 Å². The molecule has 2 amide bonds. The molecule has 1 aromatic rings. The predicted molar refractivity (Wildman–Crippen MR) is 82.7 cm³/mol. The number of rotatable bonds is 7. The van der Waals surface area contributed by atoms with Crippen LogP contribution in [0.3, 0.4) is 0 Å². The molecule has 0 aliphatic carbocycles. The molecule has 1 N–H and O–H groups in total. The minimum absolute atomic E-state index is 0.0540. The van der Waals surface area contributed by atoms with Gasteiger partial charge in [-0.3, -0.25) is 9.59 Å². The molecule has 1 saturated heterocycles. The van der Waals surface area contributed by atoms with Crippen molar-refractivity contribution in [2.45, 2.75) is 31.7 Å². The van der Waals surface area contributed by atoms with E-state index in [1.165, 1.54) is 5.56 Å². The number of carbonyl (C=O) groups is 2. The van der Waals surface area contributed by atoms with E-state index in [0.29, 0.717) is 19.4 Å². The van der Waals surface area contributed by atoms with E-state index in [-0.39, 0.29) is 17.9 Å². The van der Waals surface area contributed by atoms with Crippen molar-refractivity contribution in [3.63, 3.8) is 0 Å². The summed E-state index contributed by atoms with van der Waals surface area (Å²) in [5, 5.41) is 2.88. The van der Waals surface area contributed by atoms with Crippen LogP contribution in [0.4, 0.5) is 0 Å². The summed E-state index contributed by atoms with van der Waals surface area (Å²) in [7, 11) is 0. The van der Waals surface area contributed by atoms with Gasteiger partial charge < -0.3 is 10.2 Å². The molecule has 0 unspecified atom stereocenters. The van der Waals surface area contributed by atoms with Crippen LogP contribution in [-0.4, -0.2) is 35.8 Å². The van der Waals surface area contributed by atoms with Crippen molar-refractivity contribution in [2.24, 2.45) is 0 Å². The number of aryl methyl sites for hydroxylation is 1. The molecule has 112 valence electrons. The fourth-order valence-corrected chi connectivity index (χ4v) is 2.62. The van der Waals surface area contributed by atoms with Gasteiger partial charge in [-0.25, -0.2) is 0 Å². The Labute approximate surface area is 125 Å². The van der Waals surface area contributed by atoms with Crippen LogP contribution in [0.25, 0.3) is 0 Å². The summed E-state index contributed by atoms with van der Waals surface area (Å²) in [6.07, 6.45) is 4.21. The van der Waals surface area contributed by atoms with Gasteiger partial charge in [0.05, 0.1) is 6.04 Å². The first kappa shape index (κ1) is 15.3. The molecule has 0 aromatic heterocycles. The lowest BCUT2D eigenvalue weighted by Gasteiger charge is -2.17. The first-order valence-corrected chi connectivity index (χ1v) is 7.41. The molecule has 2 rings (SSSR count). The standard InChI is InChI=1S/C17H22N2O2/c1-2-7-16(20)18-15-12-17(21)19(13-15)11-6-10-14-8-4-3-5-9-14/h2-5,8-9,15H,1,6-7,10-13H2,(H,18,20)/t15-/m1/s1. The van der Waals surface area contributed by atoms with Crippen LogP contribution < -0.4 is 5.32 Å². The molecule has 1 aliphatic rings. The first-order chi connectivity index (χ1) is 10.2. The van der Waals surface area contributed by atoms with E-state index >= 15 is 0 Å². The zero-order chi connectivity index (χ0) is 15.1. The quantitative estimate of drug-likeness (QED) is 0.778. The fourth-order valence-electron chi connectivity index (χ4n) is 2.62. The maximum atomic E-state index is 11.9. The van der Waals surface area contributed by atoms with Gasteiger partial charge in [-0.15, -0.1) is 6.58 Å². The lowest BCUT2D eigenvalue weighted by molar-refractivity contribution is -0.127. The Morgan fingerprint density at radius 2 is 2.14 bits per heavy atom. The molecule has 1 aromatic carbocycles. The number of nitrogens with zero attached hydrogens (tertiary/aromatic N) is 1. The highest BCUT2D eigenvalue weighted by Crippen LogP contribution is 2.13. The molecular weight excluding hydrogens is 264 g/mol. The highest BCUT2D eigenvalue weighted by atomic mass is 16.2. The Hall–Kier alpha value is -2.10. The van der Waals surface area contributed by atoms with Crippen molar-refractivity contribution in [2.75, 3.05) is 13.1 Å². The van der Waals surface area contributed by atoms with Gasteiger partial charge in [0.2, 0.25) is 11.8 Å². The molecule has 0 radical (unpaired) electrons. The minimum Gasteiger partial charge on any atom is -0.351 e. The molecule has 1 heterocycles. The third kappa shape index (κ3) is 4.74. The van der Waals surface area contributed by atoms with E-state index < -0.39 is 0 Å². The average Bonchev–Trinajstić information content (AvgIpc) is 2.80. The zero-order valence-electron chi connectivity index (χ0n) is 12.3. The molecule has 0 saturated carbocycles. The Morgan fingerprint density at radius 1 is 1.38 bits per heavy atom. The van der Waals surface area contributed by atoms with Crippen LogP contribution in [0, 0.1) is 0 Å². The number of hydrogen-bond acceptors (Lipinski definition) is 2. The molecule has 1 atom stereocenters. The topological polar surface area (TPSA) is 49.4 Å². The van der Waals surface area contributed by atoms with Gasteiger partial charge in [-0.05, 0) is 18.4 Å². The number of carbonyl (C=O) groups excluding carboxylic acids is 2. The molecule has 1 aliphatic heterocycles. The van der Waals surface area contributed by atoms with Gasteiger partial charge >= 0.3 is 0 Å². The van der Waals surface area contributed by atoms with Crippen molar-refractivity contribution in [1.82, 2.24) is 10.2 Å². The normalized spacial score (nSPS) is 17.8. The van der Waals surface area contributed by atoms with E-state index in [9.17, 15) is 9.59 Å². The molecule has 0 bridgehead atoms. The van der Waals surface area contributed by atoms with Gasteiger partial charge in [0.25, 0.3) is 0 Å². The molecule has 1 fully saturated rings. The predicted octanol–water partition coefficient (Wildman–Crippen LogP) is 1.91. The van der Waals surface area contributed by atoms with E-state index in [0.717, 1.165) is 19.4 Å². The van der Waals surface area contributed by atoms with E-state index in [2.05, 4.69) is 24.0 Å². The molecule has 0 spiro atoms. The van der Waals surface area contributed by atoms with Gasteiger partial charge in [0.15, 0.2) is 0 Å². The first-order valence-electron chi connectivity index (χ1n) is 7.41. The van der Waals surface area contributed by atoms with Crippen LogP contribution in [0.1, 0.15) is 24.8 Å². The third-order valence-corrected chi connectivity index (χ3v) is 3.65. The second-order valence-electron chi connectivity index (χ2n) is 5.39. The van der Waals surface area contributed by atoms with Crippen molar-refractivity contribution < 1.29 is 9.59 Å². The van der Waals surface area contributed by atoms with E-state index in [1.807, 2.05) is 23.1 Å². The Morgan fingerprint density at radius 3 is 2.86 bits per heavy atom. The van der Waals surface area contributed by atoms with Crippen LogP contribution in [0.2, 0.25) is 0 Å². The molecule has 21 heavy (non-hydrogen) atoms. The zero-order valence-corrected chi connectivity index (χ0v) is 12.3. The average molecular weight is 286 g/mol. The van der Waals surface area contributed by atoms with Crippen LogP contribution in [0.5, 0.6) is 0 Å². The van der Waals surface area contributed by atoms with Crippen molar-refractivity contribution in [3.05, 3.63) is 48.6 Å². The largest absolute Gasteiger partial charge is 0.351 e. The summed E-state index contributed by atoms with van der Waals surface area (Å²) in [6, 6.07) is 10.2. The number of amides is 2. The number of likely N-dealkylation sites (tertiary alicyclic amines) is 1. The summed E-state index contributed by atoms with van der Waals surface area (Å²) >= 11 is 0. The molecule has 4 nitrogen and oxygen atoms in total. The summed E-state index contributed by atoms with van der Waals surface area (Å²) in [4.78, 5) is 25.3. The van der Waals surface area contributed by atoms with Crippen molar-refractivity contribution in [1.29, 1.82) is 0 Å². The SMILES string of the molecule is C=CCC(=O)N[C@@H]1CC(=O)N(CCCc2ccccc2)C1. The Bertz CT molecular complexity index is 499. The van der Waals surface area contributed by atoms with Crippen LogP contribution in [-0.2, 0) is 16.0 Å². The number of hydrogen-bond donors (Lipinski definition) is 1. The summed E-state index contributed by atoms with van der Waals surface area (Å²) in [5.74, 6) is 0.0703. The van der Waals surface area contributed by atoms with Gasteiger partial charge in [0.1, 0.15) is 0 Å². The maximum absolute atomic E-state index is 11.9. The maximum Gasteiger partial charge on any atom is 0.224 e. The summed E-state index contributed by atoms with van der Waals surface area (Å²) in [6.45, 7) is 4.91. The fraction of sp³-hybridized carbons (Fsp3) is 0.412. The van der Waals surface area contributed by atoms with Crippen molar-refractivity contribution in [3.8, 4) is 0 Å². The van der Waals surface area contributed by atoms with E-state index in [4.69, 9.17) is 0 Å². The highest BCUT2D eigenvalue weighted by molar-refractivity contribution is 5.82. The molecule has 4 heteroatoms. The highest BCUT2D eigenvalue weighted by Gasteiger charge is 2.29. The van der Waals surface area contributed by atoms with Crippen LogP contribution >= 0.6 is 0 Å². The number of benzene rings is 1. The monoisotopic (exact) mass is 286 g/mol. The summed E-state index contributed by atoms with van der Waals surface area (Å²) in [5.41, 5.74) is 1.29. The lowest BCUT2D eigenvalue weighted by atomic mass is 10.1. The smallest absolute Gasteiger partial charge is 0.224 e.